The second-order valence-electron chi connectivity index (χ2n) is 7.25. The number of unbranched alkanes of at least 4 members (excludes halogenated alkanes) is 12. The first-order valence-corrected chi connectivity index (χ1v) is 10.8. The van der Waals surface area contributed by atoms with Gasteiger partial charge in [0.25, 0.3) is 0 Å². The Kier molecular flexibility index (Phi) is 13.9. The van der Waals surface area contributed by atoms with Crippen molar-refractivity contribution in [1.82, 2.24) is 4.90 Å². The van der Waals surface area contributed by atoms with Crippen LogP contribution in [0.15, 0.2) is 17.1 Å². The van der Waals surface area contributed by atoms with E-state index in [1.807, 2.05) is 0 Å². The van der Waals surface area contributed by atoms with Gasteiger partial charge in [0.15, 0.2) is 0 Å². The molecule has 0 unspecified atom stereocenters. The van der Waals surface area contributed by atoms with Crippen LogP contribution in [0.2, 0.25) is 0 Å². The van der Waals surface area contributed by atoms with E-state index in [0.29, 0.717) is 0 Å². The van der Waals surface area contributed by atoms with Crippen molar-refractivity contribution >= 4 is 5.84 Å². The Bertz CT molecular complexity index is 333. The van der Waals surface area contributed by atoms with E-state index in [4.69, 9.17) is 0 Å². The monoisotopic (exact) mass is 334 g/mol. The number of hydrogen-bond donors (Lipinski definition) is 0. The summed E-state index contributed by atoms with van der Waals surface area (Å²) < 4.78 is 0. The first kappa shape index (κ1) is 21.3. The van der Waals surface area contributed by atoms with Crippen molar-refractivity contribution in [3.05, 3.63) is 12.2 Å². The van der Waals surface area contributed by atoms with E-state index < -0.39 is 0 Å². The molecule has 1 aliphatic heterocycles. The summed E-state index contributed by atoms with van der Waals surface area (Å²) in [4.78, 5) is 6.95. The zero-order chi connectivity index (χ0) is 17.3. The minimum atomic E-state index is 0.996. The zero-order valence-electron chi connectivity index (χ0n) is 16.6. The first-order chi connectivity index (χ1) is 11.9. The van der Waals surface area contributed by atoms with E-state index in [0.717, 1.165) is 26.1 Å². The predicted octanol–water partition coefficient (Wildman–Crippen LogP) is 6.76. The third-order valence-electron chi connectivity index (χ3n) is 5.06. The summed E-state index contributed by atoms with van der Waals surface area (Å²) in [5, 5.41) is 0. The zero-order valence-corrected chi connectivity index (χ0v) is 16.6. The molecule has 0 spiro atoms. The van der Waals surface area contributed by atoms with Crippen LogP contribution in [0.5, 0.6) is 0 Å². The molecule has 0 amide bonds. The van der Waals surface area contributed by atoms with Gasteiger partial charge in [-0.2, -0.15) is 0 Å². The van der Waals surface area contributed by atoms with Crippen molar-refractivity contribution in [3.8, 4) is 0 Å². The van der Waals surface area contributed by atoms with Gasteiger partial charge in [-0.25, -0.2) is 0 Å². The lowest BCUT2D eigenvalue weighted by atomic mass is 10.0. The maximum absolute atomic E-state index is 4.53. The van der Waals surface area contributed by atoms with Crippen LogP contribution in [-0.4, -0.2) is 30.4 Å². The van der Waals surface area contributed by atoms with Crippen LogP contribution < -0.4 is 0 Å². The Hall–Kier alpha value is -0.790. The molecule has 2 heteroatoms. The first-order valence-electron chi connectivity index (χ1n) is 10.8. The number of aliphatic imine (C=N–C) groups is 1. The van der Waals surface area contributed by atoms with Gasteiger partial charge in [0.1, 0.15) is 0 Å². The molecule has 0 aliphatic carbocycles. The molecular formula is C22H42N2. The third kappa shape index (κ3) is 10.9. The van der Waals surface area contributed by atoms with Crippen LogP contribution in [0.1, 0.15) is 104 Å². The maximum Gasteiger partial charge on any atom is 0.0990 e. The van der Waals surface area contributed by atoms with Gasteiger partial charge in [-0.1, -0.05) is 96.6 Å². The normalized spacial score (nSPS) is 14.8. The summed E-state index contributed by atoms with van der Waals surface area (Å²) in [6, 6.07) is 0. The summed E-state index contributed by atoms with van der Waals surface area (Å²) in [6.07, 6.45) is 24.3. The smallest absolute Gasteiger partial charge is 0.0990 e. The lowest BCUT2D eigenvalue weighted by molar-refractivity contribution is 0.498. The predicted molar refractivity (Wildman–Crippen MR) is 109 cm³/mol. The van der Waals surface area contributed by atoms with E-state index >= 15 is 0 Å². The van der Waals surface area contributed by atoms with Gasteiger partial charge in [0.2, 0.25) is 0 Å². The lowest BCUT2D eigenvalue weighted by Gasteiger charge is -2.16. The fourth-order valence-electron chi connectivity index (χ4n) is 3.48. The van der Waals surface area contributed by atoms with E-state index in [9.17, 15) is 0 Å². The molecule has 0 radical (unpaired) electrons. The minimum Gasteiger partial charge on any atom is -0.355 e. The van der Waals surface area contributed by atoms with Crippen LogP contribution in [0, 0.1) is 0 Å². The molecule has 0 bridgehead atoms. The summed E-state index contributed by atoms with van der Waals surface area (Å²) in [5.41, 5.74) is 0. The van der Waals surface area contributed by atoms with Crippen molar-refractivity contribution in [2.45, 2.75) is 104 Å². The molecule has 1 rings (SSSR count). The molecule has 0 aromatic carbocycles. The molecule has 0 atom stereocenters. The van der Waals surface area contributed by atoms with Gasteiger partial charge in [0.05, 0.1) is 12.4 Å². The molecule has 0 N–H and O–H groups in total. The van der Waals surface area contributed by atoms with Crippen LogP contribution >= 0.6 is 0 Å². The SMILES string of the molecule is CCCCCCCCCCCCCCC=CCN1CCN=C1CC. The van der Waals surface area contributed by atoms with E-state index in [2.05, 4.69) is 35.9 Å². The van der Waals surface area contributed by atoms with E-state index in [-0.39, 0.29) is 0 Å². The number of allylic oxidation sites excluding steroid dienone is 1. The highest BCUT2D eigenvalue weighted by Gasteiger charge is 2.12. The standard InChI is InChI=1S/C22H42N2/c1-3-5-6-7-8-9-10-11-12-13-14-15-16-17-18-20-24-21-19-23-22(24)4-2/h17-18H,3-16,19-21H2,1-2H3. The number of nitrogens with zero attached hydrogens (tertiary/aromatic N) is 2. The molecule has 140 valence electrons. The lowest BCUT2D eigenvalue weighted by Crippen LogP contribution is -2.27. The van der Waals surface area contributed by atoms with Crippen molar-refractivity contribution in [1.29, 1.82) is 0 Å². The van der Waals surface area contributed by atoms with Gasteiger partial charge in [-0.3, -0.25) is 4.99 Å². The van der Waals surface area contributed by atoms with Crippen molar-refractivity contribution < 1.29 is 0 Å². The average molecular weight is 335 g/mol. The highest BCUT2D eigenvalue weighted by Crippen LogP contribution is 2.12. The Morgan fingerprint density at radius 3 is 1.96 bits per heavy atom. The summed E-state index contributed by atoms with van der Waals surface area (Å²) in [5.74, 6) is 1.30. The van der Waals surface area contributed by atoms with Crippen LogP contribution in [0.25, 0.3) is 0 Å². The molecule has 0 aromatic rings. The number of amidine groups is 1. The van der Waals surface area contributed by atoms with Gasteiger partial charge >= 0.3 is 0 Å². The molecule has 1 heterocycles. The molecule has 0 saturated heterocycles. The van der Waals surface area contributed by atoms with Crippen LogP contribution in [0.4, 0.5) is 0 Å². The molecule has 0 fully saturated rings. The molecular weight excluding hydrogens is 292 g/mol. The van der Waals surface area contributed by atoms with Gasteiger partial charge in [0, 0.05) is 19.5 Å². The summed E-state index contributed by atoms with van der Waals surface area (Å²) >= 11 is 0. The van der Waals surface area contributed by atoms with Crippen molar-refractivity contribution in [2.24, 2.45) is 4.99 Å². The minimum absolute atomic E-state index is 0.996. The molecule has 2 nitrogen and oxygen atoms in total. The Morgan fingerprint density at radius 2 is 1.38 bits per heavy atom. The largest absolute Gasteiger partial charge is 0.355 e. The third-order valence-corrected chi connectivity index (χ3v) is 5.06. The average Bonchev–Trinajstić information content (AvgIpc) is 3.06. The second kappa shape index (κ2) is 15.7. The van der Waals surface area contributed by atoms with Crippen LogP contribution in [-0.2, 0) is 0 Å². The van der Waals surface area contributed by atoms with Gasteiger partial charge in [-0.15, -0.1) is 0 Å². The van der Waals surface area contributed by atoms with Crippen molar-refractivity contribution in [2.75, 3.05) is 19.6 Å². The Morgan fingerprint density at radius 1 is 0.792 bits per heavy atom. The number of hydrogen-bond acceptors (Lipinski definition) is 2. The van der Waals surface area contributed by atoms with E-state index in [1.54, 1.807) is 0 Å². The maximum atomic E-state index is 4.53. The fourth-order valence-corrected chi connectivity index (χ4v) is 3.48. The second-order valence-corrected chi connectivity index (χ2v) is 7.25. The number of rotatable bonds is 16. The van der Waals surface area contributed by atoms with E-state index in [1.165, 1.54) is 89.3 Å². The summed E-state index contributed by atoms with van der Waals surface area (Å²) in [7, 11) is 0. The van der Waals surface area contributed by atoms with Gasteiger partial charge in [-0.05, 0) is 12.8 Å². The Labute approximate surface area is 151 Å². The highest BCUT2D eigenvalue weighted by molar-refractivity contribution is 5.83. The molecule has 0 aromatic heterocycles. The summed E-state index contributed by atoms with van der Waals surface area (Å²) in [6.45, 7) is 7.67. The topological polar surface area (TPSA) is 15.6 Å². The molecule has 0 saturated carbocycles. The van der Waals surface area contributed by atoms with Crippen LogP contribution in [0.3, 0.4) is 0 Å². The highest BCUT2D eigenvalue weighted by atomic mass is 15.2. The molecule has 1 aliphatic rings. The fraction of sp³-hybridized carbons (Fsp3) is 0.864. The Balaban J connectivity index is 1.79. The quantitative estimate of drug-likeness (QED) is 0.225. The molecule has 24 heavy (non-hydrogen) atoms. The van der Waals surface area contributed by atoms with Crippen molar-refractivity contribution in [3.63, 3.8) is 0 Å². The van der Waals surface area contributed by atoms with Gasteiger partial charge < -0.3 is 4.90 Å².